The molecule has 1 aromatic carbocycles. The van der Waals surface area contributed by atoms with E-state index in [4.69, 9.17) is 9.26 Å². The van der Waals surface area contributed by atoms with Crippen molar-refractivity contribution < 1.29 is 14.1 Å². The van der Waals surface area contributed by atoms with Crippen LogP contribution in [0.3, 0.4) is 0 Å². The highest BCUT2D eigenvalue weighted by atomic mass is 16.5. The summed E-state index contributed by atoms with van der Waals surface area (Å²) in [5.74, 6) is 2.22. The van der Waals surface area contributed by atoms with Gasteiger partial charge in [-0.1, -0.05) is 24.2 Å². The average Bonchev–Trinajstić information content (AvgIpc) is 3.11. The van der Waals surface area contributed by atoms with E-state index in [1.807, 2.05) is 36.1 Å². The van der Waals surface area contributed by atoms with Crippen molar-refractivity contribution in [3.8, 4) is 17.1 Å². The van der Waals surface area contributed by atoms with Gasteiger partial charge in [-0.05, 0) is 25.0 Å². The molecule has 1 atom stereocenters. The molecule has 1 fully saturated rings. The Morgan fingerprint density at radius 3 is 3.13 bits per heavy atom. The molecule has 2 aromatic rings. The summed E-state index contributed by atoms with van der Waals surface area (Å²) in [4.78, 5) is 18.3. The molecule has 122 valence electrons. The molecule has 6 heteroatoms. The number of hydrogen-bond donors (Lipinski definition) is 0. The quantitative estimate of drug-likeness (QED) is 0.868. The summed E-state index contributed by atoms with van der Waals surface area (Å²) < 4.78 is 10.7. The Morgan fingerprint density at radius 1 is 1.48 bits per heavy atom. The van der Waals surface area contributed by atoms with Crippen LogP contribution in [0.15, 0.2) is 28.8 Å². The second-order valence-corrected chi connectivity index (χ2v) is 5.72. The largest absolute Gasteiger partial charge is 0.497 e. The molecule has 6 nitrogen and oxygen atoms in total. The topological polar surface area (TPSA) is 68.5 Å². The highest BCUT2D eigenvalue weighted by molar-refractivity contribution is 5.76. The smallest absolute Gasteiger partial charge is 0.231 e. The van der Waals surface area contributed by atoms with Gasteiger partial charge in [-0.15, -0.1) is 0 Å². The van der Waals surface area contributed by atoms with Crippen LogP contribution in [-0.4, -0.2) is 41.1 Å². The first kappa shape index (κ1) is 15.5. The monoisotopic (exact) mass is 315 g/mol. The van der Waals surface area contributed by atoms with Gasteiger partial charge in [0.15, 0.2) is 0 Å². The van der Waals surface area contributed by atoms with Crippen molar-refractivity contribution in [3.05, 3.63) is 30.2 Å². The van der Waals surface area contributed by atoms with Crippen LogP contribution in [0.1, 0.15) is 38.0 Å². The van der Waals surface area contributed by atoms with Crippen LogP contribution < -0.4 is 4.74 Å². The summed E-state index contributed by atoms with van der Waals surface area (Å²) in [5.41, 5.74) is 0.858. The number of rotatable bonds is 4. The van der Waals surface area contributed by atoms with Crippen LogP contribution in [0.5, 0.6) is 5.75 Å². The van der Waals surface area contributed by atoms with Gasteiger partial charge in [0.25, 0.3) is 0 Å². The summed E-state index contributed by atoms with van der Waals surface area (Å²) in [7, 11) is 1.63. The van der Waals surface area contributed by atoms with Gasteiger partial charge < -0.3 is 14.2 Å². The van der Waals surface area contributed by atoms with Gasteiger partial charge in [0.1, 0.15) is 5.75 Å². The molecule has 23 heavy (non-hydrogen) atoms. The molecule has 1 aliphatic rings. The number of likely N-dealkylation sites (tertiary alicyclic amines) is 1. The molecule has 1 saturated heterocycles. The second kappa shape index (κ2) is 6.81. The first-order valence-electron chi connectivity index (χ1n) is 7.97. The van der Waals surface area contributed by atoms with Crippen molar-refractivity contribution in [2.75, 3.05) is 20.2 Å². The van der Waals surface area contributed by atoms with Gasteiger partial charge in [-0.3, -0.25) is 4.79 Å². The third-order valence-corrected chi connectivity index (χ3v) is 4.20. The number of ether oxygens (including phenoxy) is 1. The Morgan fingerprint density at radius 2 is 2.35 bits per heavy atom. The highest BCUT2D eigenvalue weighted by Crippen LogP contribution is 2.28. The normalized spacial score (nSPS) is 18.0. The lowest BCUT2D eigenvalue weighted by Gasteiger charge is -2.30. The fraction of sp³-hybridized carbons (Fsp3) is 0.471. The van der Waals surface area contributed by atoms with Crippen molar-refractivity contribution in [1.29, 1.82) is 0 Å². The average molecular weight is 315 g/mol. The van der Waals surface area contributed by atoms with E-state index >= 15 is 0 Å². The Kier molecular flexibility index (Phi) is 4.60. The van der Waals surface area contributed by atoms with Crippen LogP contribution in [-0.2, 0) is 4.79 Å². The first-order valence-corrected chi connectivity index (χ1v) is 7.97. The minimum Gasteiger partial charge on any atom is -0.497 e. The highest BCUT2D eigenvalue weighted by Gasteiger charge is 2.28. The minimum atomic E-state index is 0.117. The summed E-state index contributed by atoms with van der Waals surface area (Å²) in [6.07, 6.45) is 2.46. The maximum atomic E-state index is 11.9. The molecular formula is C17H21N3O3. The number of piperidine rings is 1. The zero-order valence-corrected chi connectivity index (χ0v) is 13.5. The molecule has 1 aliphatic heterocycles. The lowest BCUT2D eigenvalue weighted by Crippen LogP contribution is -2.38. The molecule has 0 aliphatic carbocycles. The molecular weight excluding hydrogens is 294 g/mol. The van der Waals surface area contributed by atoms with E-state index in [2.05, 4.69) is 10.1 Å². The maximum absolute atomic E-state index is 11.9. The number of carbonyl (C=O) groups is 1. The van der Waals surface area contributed by atoms with E-state index in [0.29, 0.717) is 24.7 Å². The van der Waals surface area contributed by atoms with E-state index in [1.165, 1.54) is 0 Å². The van der Waals surface area contributed by atoms with Crippen LogP contribution in [0, 0.1) is 0 Å². The number of amides is 1. The van der Waals surface area contributed by atoms with Gasteiger partial charge in [0, 0.05) is 25.1 Å². The van der Waals surface area contributed by atoms with E-state index < -0.39 is 0 Å². The predicted molar refractivity (Wildman–Crippen MR) is 85.1 cm³/mol. The molecule has 1 unspecified atom stereocenters. The summed E-state index contributed by atoms with van der Waals surface area (Å²) in [6.45, 7) is 3.37. The molecule has 0 bridgehead atoms. The SMILES string of the molecule is CCC(=O)N1CCCC(c2nc(-c3cccc(OC)c3)no2)C1. The van der Waals surface area contributed by atoms with Crippen molar-refractivity contribution in [2.45, 2.75) is 32.1 Å². The van der Waals surface area contributed by atoms with Crippen molar-refractivity contribution in [3.63, 3.8) is 0 Å². The molecule has 0 spiro atoms. The minimum absolute atomic E-state index is 0.117. The van der Waals surface area contributed by atoms with Crippen LogP contribution >= 0.6 is 0 Å². The van der Waals surface area contributed by atoms with E-state index in [1.54, 1.807) is 7.11 Å². The summed E-state index contributed by atoms with van der Waals surface area (Å²) in [6, 6.07) is 7.57. The Labute approximate surface area is 135 Å². The van der Waals surface area contributed by atoms with Crippen LogP contribution in [0.2, 0.25) is 0 Å². The maximum Gasteiger partial charge on any atom is 0.231 e. The van der Waals surface area contributed by atoms with Crippen LogP contribution in [0.25, 0.3) is 11.4 Å². The number of carbonyl (C=O) groups excluding carboxylic acids is 1. The Balaban J connectivity index is 1.77. The second-order valence-electron chi connectivity index (χ2n) is 5.72. The van der Waals surface area contributed by atoms with Crippen LogP contribution in [0.4, 0.5) is 0 Å². The molecule has 2 heterocycles. The van der Waals surface area contributed by atoms with Crippen molar-refractivity contribution in [1.82, 2.24) is 15.0 Å². The Hall–Kier alpha value is -2.37. The molecule has 0 radical (unpaired) electrons. The van der Waals surface area contributed by atoms with E-state index in [-0.39, 0.29) is 11.8 Å². The molecule has 0 saturated carbocycles. The zero-order valence-electron chi connectivity index (χ0n) is 13.5. The fourth-order valence-electron chi connectivity index (χ4n) is 2.91. The van der Waals surface area contributed by atoms with Gasteiger partial charge >= 0.3 is 0 Å². The van der Waals surface area contributed by atoms with Gasteiger partial charge in [-0.25, -0.2) is 0 Å². The standard InChI is InChI=1S/C17H21N3O3/c1-3-15(21)20-9-5-7-13(11-20)17-18-16(19-23-17)12-6-4-8-14(10-12)22-2/h4,6,8,10,13H,3,5,7,9,11H2,1-2H3. The number of nitrogens with zero attached hydrogens (tertiary/aromatic N) is 3. The lowest BCUT2D eigenvalue weighted by molar-refractivity contribution is -0.132. The Bertz CT molecular complexity index is 683. The fourth-order valence-corrected chi connectivity index (χ4v) is 2.91. The molecule has 0 N–H and O–H groups in total. The predicted octanol–water partition coefficient (Wildman–Crippen LogP) is 2.86. The molecule has 3 rings (SSSR count). The van der Waals surface area contributed by atoms with Gasteiger partial charge in [0.05, 0.1) is 13.0 Å². The zero-order chi connectivity index (χ0) is 16.2. The number of benzene rings is 1. The first-order chi connectivity index (χ1) is 11.2. The van der Waals surface area contributed by atoms with E-state index in [0.717, 1.165) is 30.7 Å². The van der Waals surface area contributed by atoms with Gasteiger partial charge in [-0.2, -0.15) is 4.98 Å². The summed E-state index contributed by atoms with van der Waals surface area (Å²) in [5, 5.41) is 4.08. The number of aromatic nitrogens is 2. The number of hydrogen-bond acceptors (Lipinski definition) is 5. The van der Waals surface area contributed by atoms with Gasteiger partial charge in [0.2, 0.25) is 17.6 Å². The molecule has 1 aromatic heterocycles. The van der Waals surface area contributed by atoms with Crippen molar-refractivity contribution >= 4 is 5.91 Å². The van der Waals surface area contributed by atoms with Crippen molar-refractivity contribution in [2.24, 2.45) is 0 Å². The lowest BCUT2D eigenvalue weighted by atomic mass is 9.97. The molecule has 1 amide bonds. The third-order valence-electron chi connectivity index (χ3n) is 4.20. The summed E-state index contributed by atoms with van der Waals surface area (Å²) >= 11 is 0. The van der Waals surface area contributed by atoms with E-state index in [9.17, 15) is 4.79 Å². The third kappa shape index (κ3) is 3.36. The number of methoxy groups -OCH3 is 1.